The van der Waals surface area contributed by atoms with E-state index in [9.17, 15) is 12.8 Å². The topological polar surface area (TPSA) is 72.2 Å². The Morgan fingerprint density at radius 3 is 2.76 bits per heavy atom. The van der Waals surface area contributed by atoms with Crippen LogP contribution in [0, 0.1) is 12.7 Å². The zero-order valence-corrected chi connectivity index (χ0v) is 13.0. The standard InChI is InChI=1S/C15H21FN2O2S/c1-11-9-13(17)10-14(15(11)16)21(19,20)18-8-7-12-5-3-2-4-6-12/h5,9-10,18H,2-4,6-8,17H2,1H3. The minimum absolute atomic E-state index is 0.227. The predicted molar refractivity (Wildman–Crippen MR) is 81.9 cm³/mol. The van der Waals surface area contributed by atoms with Gasteiger partial charge in [0.1, 0.15) is 10.7 Å². The number of nitrogens with two attached hydrogens (primary N) is 1. The van der Waals surface area contributed by atoms with Gasteiger partial charge in [-0.05, 0) is 56.7 Å². The van der Waals surface area contributed by atoms with Crippen LogP contribution >= 0.6 is 0 Å². The first-order valence-corrected chi connectivity index (χ1v) is 8.61. The predicted octanol–water partition coefficient (Wildman–Crippen LogP) is 2.89. The lowest BCUT2D eigenvalue weighted by atomic mass is 9.97. The van der Waals surface area contributed by atoms with Crippen LogP contribution < -0.4 is 10.5 Å². The van der Waals surface area contributed by atoms with E-state index >= 15 is 0 Å². The van der Waals surface area contributed by atoms with E-state index in [0.29, 0.717) is 6.42 Å². The van der Waals surface area contributed by atoms with Gasteiger partial charge >= 0.3 is 0 Å². The Labute approximate surface area is 125 Å². The van der Waals surface area contributed by atoms with Crippen LogP contribution in [0.1, 0.15) is 37.7 Å². The Hall–Kier alpha value is -1.40. The molecule has 0 spiro atoms. The summed E-state index contributed by atoms with van der Waals surface area (Å²) in [6, 6.07) is 2.58. The maximum Gasteiger partial charge on any atom is 0.243 e. The van der Waals surface area contributed by atoms with Gasteiger partial charge < -0.3 is 5.73 Å². The molecule has 0 aliphatic heterocycles. The number of hydrogen-bond donors (Lipinski definition) is 2. The van der Waals surface area contributed by atoms with Crippen LogP contribution in [0.25, 0.3) is 0 Å². The van der Waals surface area contributed by atoms with Crippen LogP contribution in [0.15, 0.2) is 28.7 Å². The third-order valence-electron chi connectivity index (χ3n) is 3.66. The van der Waals surface area contributed by atoms with Crippen molar-refractivity contribution in [2.75, 3.05) is 12.3 Å². The number of sulfonamides is 1. The Kier molecular flexibility index (Phi) is 5.00. The molecule has 4 nitrogen and oxygen atoms in total. The van der Waals surface area contributed by atoms with Gasteiger partial charge in [0.15, 0.2) is 0 Å². The lowest BCUT2D eigenvalue weighted by molar-refractivity contribution is 0.552. The van der Waals surface area contributed by atoms with Crippen molar-refractivity contribution in [3.8, 4) is 0 Å². The zero-order chi connectivity index (χ0) is 15.5. The SMILES string of the molecule is Cc1cc(N)cc(S(=O)(=O)NCCC2=CCCCC2)c1F. The normalized spacial score (nSPS) is 15.8. The van der Waals surface area contributed by atoms with Crippen LogP contribution in [-0.2, 0) is 10.0 Å². The quantitative estimate of drug-likeness (QED) is 0.648. The van der Waals surface area contributed by atoms with Crippen molar-refractivity contribution in [2.24, 2.45) is 0 Å². The molecule has 0 bridgehead atoms. The molecular formula is C15H21FN2O2S. The highest BCUT2D eigenvalue weighted by Gasteiger charge is 2.21. The molecule has 0 saturated carbocycles. The van der Waals surface area contributed by atoms with Gasteiger partial charge in [0.25, 0.3) is 0 Å². The molecule has 0 unspecified atom stereocenters. The monoisotopic (exact) mass is 312 g/mol. The highest BCUT2D eigenvalue weighted by molar-refractivity contribution is 7.89. The number of allylic oxidation sites excluding steroid dienone is 1. The first kappa shape index (κ1) is 16.0. The average Bonchev–Trinajstić information content (AvgIpc) is 2.43. The van der Waals surface area contributed by atoms with Gasteiger partial charge in [0.2, 0.25) is 10.0 Å². The smallest absolute Gasteiger partial charge is 0.243 e. The first-order valence-electron chi connectivity index (χ1n) is 7.13. The van der Waals surface area contributed by atoms with Crippen LogP contribution in [0.3, 0.4) is 0 Å². The molecular weight excluding hydrogens is 291 g/mol. The summed E-state index contributed by atoms with van der Waals surface area (Å²) in [5, 5.41) is 0. The Balaban J connectivity index is 2.06. The third kappa shape index (κ3) is 4.04. The number of nitrogens with one attached hydrogen (secondary N) is 1. The summed E-state index contributed by atoms with van der Waals surface area (Å²) in [5.74, 6) is -0.742. The summed E-state index contributed by atoms with van der Waals surface area (Å²) in [6.07, 6.45) is 7.27. The summed E-state index contributed by atoms with van der Waals surface area (Å²) < 4.78 is 40.8. The number of rotatable bonds is 5. The highest BCUT2D eigenvalue weighted by Crippen LogP contribution is 2.22. The van der Waals surface area contributed by atoms with Crippen molar-refractivity contribution in [3.05, 3.63) is 35.2 Å². The van der Waals surface area contributed by atoms with Crippen LogP contribution in [0.4, 0.5) is 10.1 Å². The van der Waals surface area contributed by atoms with Crippen molar-refractivity contribution < 1.29 is 12.8 Å². The molecule has 1 aliphatic rings. The lowest BCUT2D eigenvalue weighted by Crippen LogP contribution is -2.26. The second-order valence-electron chi connectivity index (χ2n) is 5.41. The van der Waals surface area contributed by atoms with Crippen LogP contribution in [0.2, 0.25) is 0 Å². The van der Waals surface area contributed by atoms with Gasteiger partial charge in [-0.2, -0.15) is 0 Å². The molecule has 0 aromatic heterocycles. The molecule has 3 N–H and O–H groups in total. The second kappa shape index (κ2) is 6.58. The maximum absolute atomic E-state index is 14.0. The number of halogens is 1. The van der Waals surface area contributed by atoms with Crippen molar-refractivity contribution in [2.45, 2.75) is 43.9 Å². The molecule has 0 amide bonds. The molecule has 0 heterocycles. The van der Waals surface area contributed by atoms with Gasteiger partial charge in [-0.3, -0.25) is 0 Å². The van der Waals surface area contributed by atoms with E-state index in [4.69, 9.17) is 5.73 Å². The van der Waals surface area contributed by atoms with Crippen LogP contribution in [-0.4, -0.2) is 15.0 Å². The first-order chi connectivity index (χ1) is 9.90. The van der Waals surface area contributed by atoms with E-state index in [0.717, 1.165) is 25.3 Å². The molecule has 0 atom stereocenters. The van der Waals surface area contributed by atoms with Crippen molar-refractivity contribution in [1.29, 1.82) is 0 Å². The molecule has 1 aromatic carbocycles. The van der Waals surface area contributed by atoms with Gasteiger partial charge in [-0.1, -0.05) is 11.6 Å². The molecule has 21 heavy (non-hydrogen) atoms. The Morgan fingerprint density at radius 2 is 2.10 bits per heavy atom. The molecule has 0 fully saturated rings. The lowest BCUT2D eigenvalue weighted by Gasteiger charge is -2.14. The van der Waals surface area contributed by atoms with E-state index in [1.165, 1.54) is 25.0 Å². The zero-order valence-electron chi connectivity index (χ0n) is 12.2. The fraction of sp³-hybridized carbons (Fsp3) is 0.467. The Bertz CT molecular complexity index is 654. The van der Waals surface area contributed by atoms with Crippen LogP contribution in [0.5, 0.6) is 0 Å². The van der Waals surface area contributed by atoms with Gasteiger partial charge in [0, 0.05) is 12.2 Å². The fourth-order valence-corrected chi connectivity index (χ4v) is 3.73. The minimum atomic E-state index is -3.87. The summed E-state index contributed by atoms with van der Waals surface area (Å²) in [4.78, 5) is -0.377. The molecule has 0 saturated heterocycles. The number of anilines is 1. The van der Waals surface area contributed by atoms with E-state index in [1.807, 2.05) is 0 Å². The molecule has 1 aromatic rings. The largest absolute Gasteiger partial charge is 0.399 e. The number of hydrogen-bond acceptors (Lipinski definition) is 3. The number of benzene rings is 1. The summed E-state index contributed by atoms with van der Waals surface area (Å²) >= 11 is 0. The molecule has 6 heteroatoms. The van der Waals surface area contributed by atoms with E-state index in [-0.39, 0.29) is 22.7 Å². The highest BCUT2D eigenvalue weighted by atomic mass is 32.2. The Morgan fingerprint density at radius 1 is 1.33 bits per heavy atom. The minimum Gasteiger partial charge on any atom is -0.399 e. The van der Waals surface area contributed by atoms with Crippen molar-refractivity contribution in [1.82, 2.24) is 4.72 Å². The van der Waals surface area contributed by atoms with Gasteiger partial charge in [0.05, 0.1) is 0 Å². The van der Waals surface area contributed by atoms with Crippen molar-refractivity contribution >= 4 is 15.7 Å². The summed E-state index contributed by atoms with van der Waals surface area (Å²) in [5.41, 5.74) is 7.34. The van der Waals surface area contributed by atoms with E-state index in [1.54, 1.807) is 0 Å². The summed E-state index contributed by atoms with van der Waals surface area (Å²) in [7, 11) is -3.87. The molecule has 116 valence electrons. The van der Waals surface area contributed by atoms with Crippen molar-refractivity contribution in [3.63, 3.8) is 0 Å². The molecule has 1 aliphatic carbocycles. The summed E-state index contributed by atoms with van der Waals surface area (Å²) in [6.45, 7) is 1.78. The van der Waals surface area contributed by atoms with E-state index in [2.05, 4.69) is 10.8 Å². The molecule has 2 rings (SSSR count). The maximum atomic E-state index is 14.0. The third-order valence-corrected chi connectivity index (χ3v) is 5.12. The van der Waals surface area contributed by atoms with E-state index < -0.39 is 15.8 Å². The van der Waals surface area contributed by atoms with Gasteiger partial charge in [-0.15, -0.1) is 0 Å². The van der Waals surface area contributed by atoms with Gasteiger partial charge in [-0.25, -0.2) is 17.5 Å². The average molecular weight is 312 g/mol. The number of nitrogen functional groups attached to an aromatic ring is 1. The fourth-order valence-electron chi connectivity index (χ4n) is 2.52. The molecule has 0 radical (unpaired) electrons. The second-order valence-corrected chi connectivity index (χ2v) is 7.14. The number of aryl methyl sites for hydroxylation is 1.